The van der Waals surface area contributed by atoms with Crippen molar-refractivity contribution >= 4 is 28.7 Å². The quantitative estimate of drug-likeness (QED) is 0.728. The maximum Gasteiger partial charge on any atom is 0.342 e. The lowest BCUT2D eigenvalue weighted by Crippen LogP contribution is -2.35. The van der Waals surface area contributed by atoms with Crippen LogP contribution in [0.4, 0.5) is 0 Å². The number of carbonyl (C=O) groups is 1. The molecule has 0 N–H and O–H groups in total. The highest BCUT2D eigenvalue weighted by atomic mass is 32.2. The SMILES string of the molecule is CCOC(=O)c1c(CN(C)[C@@H]2CCC[C@H]2SC)oc2ccccc12. The van der Waals surface area contributed by atoms with Crippen LogP contribution in [0, 0.1) is 0 Å². The fourth-order valence-electron chi connectivity index (χ4n) is 3.66. The molecule has 5 heteroatoms. The highest BCUT2D eigenvalue weighted by molar-refractivity contribution is 7.99. The van der Waals surface area contributed by atoms with Gasteiger partial charge in [-0.2, -0.15) is 11.8 Å². The summed E-state index contributed by atoms with van der Waals surface area (Å²) in [6, 6.07) is 8.21. The Morgan fingerprint density at radius 1 is 1.38 bits per heavy atom. The Bertz CT molecular complexity index is 712. The van der Waals surface area contributed by atoms with Gasteiger partial charge in [-0.3, -0.25) is 4.90 Å². The summed E-state index contributed by atoms with van der Waals surface area (Å²) in [5.74, 6) is 0.419. The molecule has 1 aliphatic carbocycles. The van der Waals surface area contributed by atoms with E-state index in [0.717, 1.165) is 11.0 Å². The molecule has 3 rings (SSSR count). The number of hydrogen-bond acceptors (Lipinski definition) is 5. The van der Waals surface area contributed by atoms with Crippen molar-refractivity contribution in [3.05, 3.63) is 35.6 Å². The first-order chi connectivity index (χ1) is 11.7. The molecule has 0 amide bonds. The van der Waals surface area contributed by atoms with E-state index in [1.807, 2.05) is 43.0 Å². The zero-order valence-electron chi connectivity index (χ0n) is 14.6. The molecule has 1 fully saturated rings. The molecule has 2 atom stereocenters. The third kappa shape index (κ3) is 3.33. The molecule has 1 aromatic heterocycles. The van der Waals surface area contributed by atoms with Gasteiger partial charge in [0, 0.05) is 16.7 Å². The Morgan fingerprint density at radius 3 is 2.92 bits per heavy atom. The van der Waals surface area contributed by atoms with Gasteiger partial charge in [-0.15, -0.1) is 0 Å². The lowest BCUT2D eigenvalue weighted by molar-refractivity contribution is 0.0523. The summed E-state index contributed by atoms with van der Waals surface area (Å²) in [5.41, 5.74) is 1.33. The van der Waals surface area contributed by atoms with Crippen LogP contribution in [0.3, 0.4) is 0 Å². The highest BCUT2D eigenvalue weighted by Crippen LogP contribution is 2.34. The van der Waals surface area contributed by atoms with Gasteiger partial charge in [0.1, 0.15) is 16.9 Å². The Labute approximate surface area is 147 Å². The minimum atomic E-state index is -0.293. The van der Waals surface area contributed by atoms with Crippen LogP contribution in [0.1, 0.15) is 42.3 Å². The number of rotatable bonds is 6. The lowest BCUT2D eigenvalue weighted by Gasteiger charge is -2.28. The van der Waals surface area contributed by atoms with Crippen molar-refractivity contribution in [2.24, 2.45) is 0 Å². The first kappa shape index (κ1) is 17.4. The average Bonchev–Trinajstić information content (AvgIpc) is 3.18. The molecular weight excluding hydrogens is 322 g/mol. The minimum absolute atomic E-state index is 0.293. The minimum Gasteiger partial charge on any atom is -0.462 e. The van der Waals surface area contributed by atoms with E-state index in [0.29, 0.717) is 35.8 Å². The van der Waals surface area contributed by atoms with Gasteiger partial charge in [0.15, 0.2) is 0 Å². The number of hydrogen-bond donors (Lipinski definition) is 0. The third-order valence-corrected chi connectivity index (χ3v) is 5.98. The van der Waals surface area contributed by atoms with Gasteiger partial charge in [0.05, 0.1) is 13.2 Å². The summed E-state index contributed by atoms with van der Waals surface area (Å²) >= 11 is 1.94. The summed E-state index contributed by atoms with van der Waals surface area (Å²) in [6.45, 7) is 2.82. The maximum atomic E-state index is 12.5. The predicted molar refractivity (Wildman–Crippen MR) is 98.6 cm³/mol. The first-order valence-corrected chi connectivity index (χ1v) is 9.85. The zero-order valence-corrected chi connectivity index (χ0v) is 15.4. The van der Waals surface area contributed by atoms with Gasteiger partial charge in [0.25, 0.3) is 0 Å². The number of furan rings is 1. The van der Waals surface area contributed by atoms with E-state index >= 15 is 0 Å². The van der Waals surface area contributed by atoms with Crippen molar-refractivity contribution in [2.45, 2.75) is 44.0 Å². The van der Waals surface area contributed by atoms with Gasteiger partial charge in [-0.1, -0.05) is 24.6 Å². The van der Waals surface area contributed by atoms with Crippen LogP contribution >= 0.6 is 11.8 Å². The fourth-order valence-corrected chi connectivity index (χ4v) is 4.72. The predicted octanol–water partition coefficient (Wildman–Crippen LogP) is 4.33. The smallest absolute Gasteiger partial charge is 0.342 e. The molecule has 4 nitrogen and oxygen atoms in total. The molecule has 1 aliphatic rings. The van der Waals surface area contributed by atoms with Gasteiger partial charge >= 0.3 is 5.97 Å². The molecule has 0 saturated heterocycles. The summed E-state index contributed by atoms with van der Waals surface area (Å²) in [5, 5.41) is 1.50. The van der Waals surface area contributed by atoms with E-state index in [1.165, 1.54) is 19.3 Å². The van der Waals surface area contributed by atoms with Gasteiger partial charge in [0.2, 0.25) is 0 Å². The number of ether oxygens (including phenoxy) is 1. The number of nitrogens with zero attached hydrogens (tertiary/aromatic N) is 1. The van der Waals surface area contributed by atoms with E-state index in [9.17, 15) is 4.79 Å². The Kier molecular flexibility index (Phi) is 5.51. The largest absolute Gasteiger partial charge is 0.462 e. The van der Waals surface area contributed by atoms with Crippen molar-refractivity contribution in [1.82, 2.24) is 4.90 Å². The maximum absolute atomic E-state index is 12.5. The third-order valence-electron chi connectivity index (χ3n) is 4.83. The van der Waals surface area contributed by atoms with Crippen molar-refractivity contribution in [3.8, 4) is 0 Å². The molecule has 1 aromatic carbocycles. The molecule has 2 aromatic rings. The number of thioether (sulfide) groups is 1. The second-order valence-corrected chi connectivity index (χ2v) is 7.38. The first-order valence-electron chi connectivity index (χ1n) is 8.56. The van der Waals surface area contributed by atoms with E-state index in [-0.39, 0.29) is 5.97 Å². The van der Waals surface area contributed by atoms with Crippen LogP contribution in [0.5, 0.6) is 0 Å². The van der Waals surface area contributed by atoms with Crippen molar-refractivity contribution in [3.63, 3.8) is 0 Å². The standard InChI is InChI=1S/C19H25NO3S/c1-4-22-19(21)18-13-8-5-6-10-15(13)23-16(18)12-20(2)14-9-7-11-17(14)24-3/h5-6,8,10,14,17H,4,7,9,11-12H2,1-3H3/t14-,17-/m1/s1. The van der Waals surface area contributed by atoms with Gasteiger partial charge < -0.3 is 9.15 Å². The van der Waals surface area contributed by atoms with Gasteiger partial charge in [-0.25, -0.2) is 4.79 Å². The summed E-state index contributed by atoms with van der Waals surface area (Å²) < 4.78 is 11.3. The van der Waals surface area contributed by atoms with Crippen LogP contribution in [-0.4, -0.2) is 42.1 Å². The molecular formula is C19H25NO3S. The van der Waals surface area contributed by atoms with E-state index in [4.69, 9.17) is 9.15 Å². The summed E-state index contributed by atoms with van der Waals surface area (Å²) in [4.78, 5) is 14.8. The molecule has 130 valence electrons. The number of benzene rings is 1. The van der Waals surface area contributed by atoms with Gasteiger partial charge in [-0.05, 0) is 39.1 Å². The van der Waals surface area contributed by atoms with E-state index < -0.39 is 0 Å². The molecule has 0 bridgehead atoms. The summed E-state index contributed by atoms with van der Waals surface area (Å²) in [6.07, 6.45) is 5.92. The van der Waals surface area contributed by atoms with Crippen LogP contribution in [0.15, 0.2) is 28.7 Å². The Balaban J connectivity index is 1.90. The molecule has 1 heterocycles. The van der Waals surface area contributed by atoms with Crippen LogP contribution < -0.4 is 0 Å². The molecule has 0 spiro atoms. The van der Waals surface area contributed by atoms with E-state index in [2.05, 4.69) is 18.2 Å². The second kappa shape index (κ2) is 7.62. The van der Waals surface area contributed by atoms with E-state index in [1.54, 1.807) is 0 Å². The number of para-hydroxylation sites is 1. The second-order valence-electron chi connectivity index (χ2n) is 6.30. The summed E-state index contributed by atoms with van der Waals surface area (Å²) in [7, 11) is 2.13. The normalized spacial score (nSPS) is 20.8. The molecule has 0 unspecified atom stereocenters. The van der Waals surface area contributed by atoms with Crippen LogP contribution in [0.25, 0.3) is 11.0 Å². The zero-order chi connectivity index (χ0) is 17.1. The molecule has 1 saturated carbocycles. The van der Waals surface area contributed by atoms with Crippen LogP contribution in [0.2, 0.25) is 0 Å². The van der Waals surface area contributed by atoms with Crippen molar-refractivity contribution < 1.29 is 13.9 Å². The topological polar surface area (TPSA) is 42.7 Å². The van der Waals surface area contributed by atoms with Crippen molar-refractivity contribution in [2.75, 3.05) is 19.9 Å². The number of esters is 1. The monoisotopic (exact) mass is 347 g/mol. The van der Waals surface area contributed by atoms with Crippen molar-refractivity contribution in [1.29, 1.82) is 0 Å². The number of fused-ring (bicyclic) bond motifs is 1. The van der Waals surface area contributed by atoms with Crippen LogP contribution in [-0.2, 0) is 11.3 Å². The average molecular weight is 347 g/mol. The molecule has 24 heavy (non-hydrogen) atoms. The lowest BCUT2D eigenvalue weighted by atomic mass is 10.1. The fraction of sp³-hybridized carbons (Fsp3) is 0.526. The highest BCUT2D eigenvalue weighted by Gasteiger charge is 2.31. The number of carbonyl (C=O) groups excluding carboxylic acids is 1. The molecule has 0 aliphatic heterocycles. The molecule has 0 radical (unpaired) electrons. The Hall–Kier alpha value is -1.46. The Morgan fingerprint density at radius 2 is 2.17 bits per heavy atom.